The first kappa shape index (κ1) is 12.6. The van der Waals surface area contributed by atoms with Crippen molar-refractivity contribution in [1.29, 1.82) is 0 Å². The summed E-state index contributed by atoms with van der Waals surface area (Å²) in [6.45, 7) is 6.58. The topological polar surface area (TPSA) is 49.4 Å². The quantitative estimate of drug-likeness (QED) is 0.748. The van der Waals surface area contributed by atoms with Crippen LogP contribution in [0.1, 0.15) is 39.5 Å². The molecule has 2 amide bonds. The maximum atomic E-state index is 12.4. The van der Waals surface area contributed by atoms with E-state index in [1.165, 1.54) is 4.90 Å². The predicted octanol–water partition coefficient (Wildman–Crippen LogP) is 1.16. The van der Waals surface area contributed by atoms with Gasteiger partial charge in [0.15, 0.2) is 0 Å². The van der Waals surface area contributed by atoms with Crippen LogP contribution >= 0.6 is 0 Å². The van der Waals surface area contributed by atoms with E-state index in [0.29, 0.717) is 18.9 Å². The molecule has 0 aromatic carbocycles. The fourth-order valence-corrected chi connectivity index (χ4v) is 2.98. The van der Waals surface area contributed by atoms with Crippen molar-refractivity contribution >= 4 is 11.8 Å². The Kier molecular flexibility index (Phi) is 3.52. The smallest absolute Gasteiger partial charge is 0.235 e. The van der Waals surface area contributed by atoms with Gasteiger partial charge in [-0.1, -0.05) is 13.8 Å². The Morgan fingerprint density at radius 2 is 2.06 bits per heavy atom. The van der Waals surface area contributed by atoms with Gasteiger partial charge in [-0.25, -0.2) is 0 Å². The lowest BCUT2D eigenvalue weighted by molar-refractivity contribution is -0.142. The van der Waals surface area contributed by atoms with Crippen molar-refractivity contribution in [3.63, 3.8) is 0 Å². The number of carbonyl (C=O) groups excluding carboxylic acids is 2. The van der Waals surface area contributed by atoms with E-state index in [9.17, 15) is 9.59 Å². The third kappa shape index (κ3) is 2.10. The van der Waals surface area contributed by atoms with Gasteiger partial charge < -0.3 is 5.32 Å². The zero-order chi connectivity index (χ0) is 12.5. The Bertz CT molecular complexity index is 317. The molecular formula is C13H22N2O2. The standard InChI is InChI=1S/C13H22N2O2/c1-3-13(4-2)7-11(16)15(12(13)17)9-10-5-6-14-8-10/h10,14H,3-9H2,1-2H3. The molecule has 4 heteroatoms. The average molecular weight is 238 g/mol. The molecule has 0 aromatic rings. The molecule has 2 aliphatic heterocycles. The lowest BCUT2D eigenvalue weighted by Crippen LogP contribution is -2.38. The van der Waals surface area contributed by atoms with E-state index in [1.54, 1.807) is 0 Å². The zero-order valence-corrected chi connectivity index (χ0v) is 10.8. The van der Waals surface area contributed by atoms with E-state index in [0.717, 1.165) is 32.4 Å². The molecule has 2 fully saturated rings. The molecular weight excluding hydrogens is 216 g/mol. The van der Waals surface area contributed by atoms with Crippen molar-refractivity contribution in [2.45, 2.75) is 39.5 Å². The fourth-order valence-electron chi connectivity index (χ4n) is 2.98. The molecule has 1 N–H and O–H groups in total. The molecule has 1 atom stereocenters. The monoisotopic (exact) mass is 238 g/mol. The molecule has 2 rings (SSSR count). The van der Waals surface area contributed by atoms with Gasteiger partial charge in [0, 0.05) is 13.0 Å². The molecule has 0 bridgehead atoms. The van der Waals surface area contributed by atoms with Gasteiger partial charge >= 0.3 is 0 Å². The van der Waals surface area contributed by atoms with Crippen molar-refractivity contribution in [3.05, 3.63) is 0 Å². The summed E-state index contributed by atoms with van der Waals surface area (Å²) in [7, 11) is 0. The Morgan fingerprint density at radius 1 is 1.35 bits per heavy atom. The van der Waals surface area contributed by atoms with Crippen LogP contribution in [0.4, 0.5) is 0 Å². The highest BCUT2D eigenvalue weighted by Crippen LogP contribution is 2.39. The highest BCUT2D eigenvalue weighted by Gasteiger charge is 2.49. The van der Waals surface area contributed by atoms with Gasteiger partial charge in [-0.15, -0.1) is 0 Å². The number of hydrogen-bond donors (Lipinski definition) is 1. The number of rotatable bonds is 4. The first-order valence-corrected chi connectivity index (χ1v) is 6.68. The minimum atomic E-state index is -0.400. The van der Waals surface area contributed by atoms with Crippen LogP contribution in [0.25, 0.3) is 0 Å². The zero-order valence-electron chi connectivity index (χ0n) is 10.8. The minimum absolute atomic E-state index is 0.0330. The first-order valence-electron chi connectivity index (χ1n) is 6.68. The molecule has 0 saturated carbocycles. The maximum absolute atomic E-state index is 12.4. The van der Waals surface area contributed by atoms with Crippen LogP contribution in [0.3, 0.4) is 0 Å². The van der Waals surface area contributed by atoms with Crippen LogP contribution in [0.15, 0.2) is 0 Å². The Labute approximate surface area is 103 Å². The molecule has 1 unspecified atom stereocenters. The second kappa shape index (κ2) is 4.77. The molecule has 96 valence electrons. The molecule has 0 spiro atoms. The van der Waals surface area contributed by atoms with Crippen LogP contribution in [0.5, 0.6) is 0 Å². The number of likely N-dealkylation sites (tertiary alicyclic amines) is 1. The van der Waals surface area contributed by atoms with E-state index >= 15 is 0 Å². The van der Waals surface area contributed by atoms with Crippen LogP contribution in [0, 0.1) is 11.3 Å². The number of hydrogen-bond acceptors (Lipinski definition) is 3. The summed E-state index contributed by atoms with van der Waals surface area (Å²) in [5.41, 5.74) is -0.400. The number of nitrogens with zero attached hydrogens (tertiary/aromatic N) is 1. The van der Waals surface area contributed by atoms with Crippen LogP contribution < -0.4 is 5.32 Å². The van der Waals surface area contributed by atoms with Crippen molar-refractivity contribution in [2.75, 3.05) is 19.6 Å². The molecule has 0 radical (unpaired) electrons. The van der Waals surface area contributed by atoms with Crippen molar-refractivity contribution in [3.8, 4) is 0 Å². The van der Waals surface area contributed by atoms with Gasteiger partial charge in [-0.2, -0.15) is 0 Å². The van der Waals surface area contributed by atoms with Crippen molar-refractivity contribution in [1.82, 2.24) is 10.2 Å². The number of amides is 2. The third-order valence-electron chi connectivity index (χ3n) is 4.45. The third-order valence-corrected chi connectivity index (χ3v) is 4.45. The van der Waals surface area contributed by atoms with E-state index in [-0.39, 0.29) is 11.8 Å². The Balaban J connectivity index is 2.07. The molecule has 2 heterocycles. The van der Waals surface area contributed by atoms with Gasteiger partial charge in [-0.05, 0) is 38.3 Å². The molecule has 2 saturated heterocycles. The highest BCUT2D eigenvalue weighted by atomic mass is 16.2. The van der Waals surface area contributed by atoms with E-state index in [1.807, 2.05) is 13.8 Å². The molecule has 4 nitrogen and oxygen atoms in total. The lowest BCUT2D eigenvalue weighted by atomic mass is 9.81. The van der Waals surface area contributed by atoms with Crippen molar-refractivity contribution in [2.24, 2.45) is 11.3 Å². The number of imide groups is 1. The summed E-state index contributed by atoms with van der Waals surface area (Å²) in [6, 6.07) is 0. The Hall–Kier alpha value is -0.900. The summed E-state index contributed by atoms with van der Waals surface area (Å²) in [4.78, 5) is 25.9. The van der Waals surface area contributed by atoms with E-state index < -0.39 is 5.41 Å². The Morgan fingerprint density at radius 3 is 2.53 bits per heavy atom. The second-order valence-corrected chi connectivity index (χ2v) is 5.33. The summed E-state index contributed by atoms with van der Waals surface area (Å²) in [6.07, 6.45) is 3.03. The minimum Gasteiger partial charge on any atom is -0.316 e. The molecule has 0 aliphatic carbocycles. The lowest BCUT2D eigenvalue weighted by Gasteiger charge is -2.24. The molecule has 17 heavy (non-hydrogen) atoms. The van der Waals surface area contributed by atoms with Gasteiger partial charge in [0.05, 0.1) is 5.41 Å². The van der Waals surface area contributed by atoms with Gasteiger partial charge in [0.1, 0.15) is 0 Å². The van der Waals surface area contributed by atoms with E-state index in [2.05, 4.69) is 5.32 Å². The largest absolute Gasteiger partial charge is 0.316 e. The predicted molar refractivity (Wildman–Crippen MR) is 65.3 cm³/mol. The van der Waals surface area contributed by atoms with Crippen LogP contribution in [-0.4, -0.2) is 36.3 Å². The summed E-state index contributed by atoms with van der Waals surface area (Å²) < 4.78 is 0. The highest BCUT2D eigenvalue weighted by molar-refractivity contribution is 6.05. The molecule has 0 aromatic heterocycles. The molecule has 2 aliphatic rings. The van der Waals surface area contributed by atoms with Crippen molar-refractivity contribution < 1.29 is 9.59 Å². The second-order valence-electron chi connectivity index (χ2n) is 5.33. The van der Waals surface area contributed by atoms with Gasteiger partial charge in [-0.3, -0.25) is 14.5 Å². The normalized spacial score (nSPS) is 28.1. The summed E-state index contributed by atoms with van der Waals surface area (Å²) in [5, 5.41) is 3.28. The fraction of sp³-hybridized carbons (Fsp3) is 0.846. The SMILES string of the molecule is CCC1(CC)CC(=O)N(CC2CCNC2)C1=O. The van der Waals surface area contributed by atoms with Gasteiger partial charge in [0.2, 0.25) is 11.8 Å². The van der Waals surface area contributed by atoms with E-state index in [4.69, 9.17) is 0 Å². The van der Waals surface area contributed by atoms with Crippen LogP contribution in [-0.2, 0) is 9.59 Å². The van der Waals surface area contributed by atoms with Gasteiger partial charge in [0.25, 0.3) is 0 Å². The number of carbonyl (C=O) groups is 2. The maximum Gasteiger partial charge on any atom is 0.235 e. The average Bonchev–Trinajstić information content (AvgIpc) is 2.91. The first-order chi connectivity index (χ1) is 8.13. The van der Waals surface area contributed by atoms with Crippen LogP contribution in [0.2, 0.25) is 0 Å². The summed E-state index contributed by atoms with van der Waals surface area (Å²) >= 11 is 0. The number of nitrogens with one attached hydrogen (secondary N) is 1. The summed E-state index contributed by atoms with van der Waals surface area (Å²) in [5.74, 6) is 0.553.